The second kappa shape index (κ2) is 3.74. The lowest BCUT2D eigenvalue weighted by Crippen LogP contribution is -2.33. The molecule has 2 rings (SSSR count). The third kappa shape index (κ3) is 2.23. The molecule has 0 atom stereocenters. The van der Waals surface area contributed by atoms with E-state index in [0.717, 1.165) is 17.0 Å². The Morgan fingerprint density at radius 3 is 2.80 bits per heavy atom. The number of rotatable bonds is 3. The average molecular weight is 224 g/mol. The van der Waals surface area contributed by atoms with Crippen LogP contribution in [-0.4, -0.2) is 21.4 Å². The van der Waals surface area contributed by atoms with Gasteiger partial charge < -0.3 is 10.3 Å². The molecule has 0 amide bonds. The summed E-state index contributed by atoms with van der Waals surface area (Å²) < 4.78 is 0. The molecule has 0 saturated carbocycles. The summed E-state index contributed by atoms with van der Waals surface area (Å²) in [6.07, 6.45) is 0. The minimum absolute atomic E-state index is 0.157. The number of para-hydroxylation sites is 2. The van der Waals surface area contributed by atoms with Crippen molar-refractivity contribution in [1.82, 2.24) is 9.97 Å². The highest BCUT2D eigenvalue weighted by atomic mass is 35.5. The Bertz CT molecular complexity index is 429. The number of nitrogens with zero attached hydrogens (tertiary/aromatic N) is 1. The maximum absolute atomic E-state index is 5.84. The molecule has 0 fully saturated rings. The van der Waals surface area contributed by atoms with E-state index in [0.29, 0.717) is 5.88 Å². The first-order valence-corrected chi connectivity index (χ1v) is 5.43. The van der Waals surface area contributed by atoms with Crippen molar-refractivity contribution in [3.05, 3.63) is 24.3 Å². The maximum Gasteiger partial charge on any atom is 0.201 e. The average Bonchev–Trinajstić information content (AvgIpc) is 2.58. The lowest BCUT2D eigenvalue weighted by molar-refractivity contribution is 0.635. The molecule has 0 spiro atoms. The maximum atomic E-state index is 5.84. The molecule has 1 heterocycles. The number of imidazole rings is 1. The van der Waals surface area contributed by atoms with Gasteiger partial charge in [-0.1, -0.05) is 12.1 Å². The van der Waals surface area contributed by atoms with E-state index in [1.807, 2.05) is 38.1 Å². The number of aromatic nitrogens is 2. The zero-order valence-corrected chi connectivity index (χ0v) is 9.60. The van der Waals surface area contributed by atoms with Gasteiger partial charge in [-0.2, -0.15) is 0 Å². The van der Waals surface area contributed by atoms with Crippen molar-refractivity contribution in [2.45, 2.75) is 19.4 Å². The molecular weight excluding hydrogens is 210 g/mol. The van der Waals surface area contributed by atoms with Crippen LogP contribution in [0.1, 0.15) is 13.8 Å². The fraction of sp³-hybridized carbons (Fsp3) is 0.364. The van der Waals surface area contributed by atoms with Crippen LogP contribution in [0, 0.1) is 0 Å². The summed E-state index contributed by atoms with van der Waals surface area (Å²) in [5.74, 6) is 1.30. The first kappa shape index (κ1) is 10.3. The van der Waals surface area contributed by atoms with Gasteiger partial charge in [0.2, 0.25) is 5.95 Å². The Labute approximate surface area is 93.9 Å². The van der Waals surface area contributed by atoms with Crippen LogP contribution in [0.3, 0.4) is 0 Å². The van der Waals surface area contributed by atoms with Crippen LogP contribution >= 0.6 is 11.6 Å². The standard InChI is InChI=1S/C11H14ClN3/c1-11(2,7-12)15-10-13-8-5-3-4-6-9(8)14-10/h3-6H,7H2,1-2H3,(H2,13,14,15). The third-order valence-electron chi connectivity index (χ3n) is 2.18. The summed E-state index contributed by atoms with van der Waals surface area (Å²) in [5.41, 5.74) is 1.84. The Balaban J connectivity index is 2.30. The van der Waals surface area contributed by atoms with Crippen LogP contribution in [0.15, 0.2) is 24.3 Å². The predicted octanol–water partition coefficient (Wildman–Crippen LogP) is 2.99. The van der Waals surface area contributed by atoms with Gasteiger partial charge in [0.25, 0.3) is 0 Å². The van der Waals surface area contributed by atoms with Crippen LogP contribution in [0.2, 0.25) is 0 Å². The smallest absolute Gasteiger partial charge is 0.201 e. The van der Waals surface area contributed by atoms with Crippen LogP contribution in [0.5, 0.6) is 0 Å². The monoisotopic (exact) mass is 223 g/mol. The zero-order valence-electron chi connectivity index (χ0n) is 8.84. The predicted molar refractivity (Wildman–Crippen MR) is 64.5 cm³/mol. The molecule has 0 aliphatic heterocycles. The van der Waals surface area contributed by atoms with Crippen LogP contribution in [-0.2, 0) is 0 Å². The van der Waals surface area contributed by atoms with Crippen LogP contribution in [0.4, 0.5) is 5.95 Å². The molecule has 4 heteroatoms. The van der Waals surface area contributed by atoms with Gasteiger partial charge in [-0.05, 0) is 26.0 Å². The Hall–Kier alpha value is -1.22. The fourth-order valence-corrected chi connectivity index (χ4v) is 1.43. The highest BCUT2D eigenvalue weighted by Crippen LogP contribution is 2.17. The summed E-state index contributed by atoms with van der Waals surface area (Å²) in [4.78, 5) is 7.63. The number of fused-ring (bicyclic) bond motifs is 1. The molecule has 0 unspecified atom stereocenters. The number of halogens is 1. The van der Waals surface area contributed by atoms with Crippen molar-refractivity contribution in [2.75, 3.05) is 11.2 Å². The topological polar surface area (TPSA) is 40.7 Å². The molecule has 0 bridgehead atoms. The van der Waals surface area contributed by atoms with E-state index in [2.05, 4.69) is 15.3 Å². The van der Waals surface area contributed by atoms with Crippen LogP contribution in [0.25, 0.3) is 11.0 Å². The van der Waals surface area contributed by atoms with E-state index in [-0.39, 0.29) is 5.54 Å². The van der Waals surface area contributed by atoms with E-state index in [9.17, 15) is 0 Å². The minimum Gasteiger partial charge on any atom is -0.350 e. The SMILES string of the molecule is CC(C)(CCl)Nc1nc2ccccc2[nH]1. The van der Waals surface area contributed by atoms with Crippen LogP contribution < -0.4 is 5.32 Å². The first-order valence-electron chi connectivity index (χ1n) is 4.90. The van der Waals surface area contributed by atoms with Gasteiger partial charge in [-0.15, -0.1) is 11.6 Å². The van der Waals surface area contributed by atoms with E-state index >= 15 is 0 Å². The van der Waals surface area contributed by atoms with Gasteiger partial charge in [0.05, 0.1) is 11.0 Å². The fourth-order valence-electron chi connectivity index (χ4n) is 1.37. The summed E-state index contributed by atoms with van der Waals surface area (Å²) in [5, 5.41) is 3.26. The molecule has 2 N–H and O–H groups in total. The van der Waals surface area contributed by atoms with Crippen molar-refractivity contribution in [2.24, 2.45) is 0 Å². The van der Waals surface area contributed by atoms with Gasteiger partial charge in [0, 0.05) is 11.4 Å². The van der Waals surface area contributed by atoms with E-state index < -0.39 is 0 Å². The first-order chi connectivity index (χ1) is 7.11. The van der Waals surface area contributed by atoms with Crippen molar-refractivity contribution >= 4 is 28.6 Å². The van der Waals surface area contributed by atoms with Gasteiger partial charge in [-0.25, -0.2) is 4.98 Å². The molecule has 80 valence electrons. The van der Waals surface area contributed by atoms with Crippen molar-refractivity contribution in [3.8, 4) is 0 Å². The van der Waals surface area contributed by atoms with Crippen molar-refractivity contribution in [3.63, 3.8) is 0 Å². The number of hydrogen-bond acceptors (Lipinski definition) is 2. The van der Waals surface area contributed by atoms with E-state index in [4.69, 9.17) is 11.6 Å². The molecule has 0 saturated heterocycles. The van der Waals surface area contributed by atoms with Gasteiger partial charge >= 0.3 is 0 Å². The van der Waals surface area contributed by atoms with Gasteiger partial charge in [0.1, 0.15) is 0 Å². The Morgan fingerprint density at radius 2 is 2.13 bits per heavy atom. The minimum atomic E-state index is -0.157. The number of benzene rings is 1. The largest absolute Gasteiger partial charge is 0.350 e. The molecule has 15 heavy (non-hydrogen) atoms. The quantitative estimate of drug-likeness (QED) is 0.786. The summed E-state index contributed by atoms with van der Waals surface area (Å²) in [6, 6.07) is 7.93. The molecule has 1 aromatic heterocycles. The van der Waals surface area contributed by atoms with Gasteiger partial charge in [0.15, 0.2) is 0 Å². The molecule has 2 aromatic rings. The number of H-pyrrole nitrogens is 1. The number of alkyl halides is 1. The highest BCUT2D eigenvalue weighted by molar-refractivity contribution is 6.18. The van der Waals surface area contributed by atoms with E-state index in [1.54, 1.807) is 0 Å². The number of hydrogen-bond donors (Lipinski definition) is 2. The van der Waals surface area contributed by atoms with Crippen molar-refractivity contribution in [1.29, 1.82) is 0 Å². The lowest BCUT2D eigenvalue weighted by atomic mass is 10.1. The summed E-state index contributed by atoms with van der Waals surface area (Å²) in [6.45, 7) is 4.07. The Kier molecular flexibility index (Phi) is 2.57. The number of nitrogens with one attached hydrogen (secondary N) is 2. The second-order valence-electron chi connectivity index (χ2n) is 4.25. The number of aromatic amines is 1. The molecular formula is C11H14ClN3. The molecule has 0 radical (unpaired) electrons. The molecule has 3 nitrogen and oxygen atoms in total. The molecule has 0 aliphatic carbocycles. The van der Waals surface area contributed by atoms with Gasteiger partial charge in [-0.3, -0.25) is 0 Å². The molecule has 1 aromatic carbocycles. The summed E-state index contributed by atoms with van der Waals surface area (Å²) >= 11 is 5.84. The zero-order chi connectivity index (χ0) is 10.9. The highest BCUT2D eigenvalue weighted by Gasteiger charge is 2.17. The number of anilines is 1. The third-order valence-corrected chi connectivity index (χ3v) is 2.85. The molecule has 0 aliphatic rings. The normalized spacial score (nSPS) is 11.9. The van der Waals surface area contributed by atoms with Crippen molar-refractivity contribution < 1.29 is 0 Å². The van der Waals surface area contributed by atoms with E-state index in [1.165, 1.54) is 0 Å². The Morgan fingerprint density at radius 1 is 1.40 bits per heavy atom. The summed E-state index contributed by atoms with van der Waals surface area (Å²) in [7, 11) is 0. The lowest BCUT2D eigenvalue weighted by Gasteiger charge is -2.22. The second-order valence-corrected chi connectivity index (χ2v) is 4.51.